The molecule has 1 heterocycles. The van der Waals surface area contributed by atoms with Gasteiger partial charge in [-0.1, -0.05) is 11.6 Å². The topological polar surface area (TPSA) is 180 Å². The third kappa shape index (κ3) is 7.02. The van der Waals surface area contributed by atoms with E-state index in [-0.39, 0.29) is 59.6 Å². The van der Waals surface area contributed by atoms with Gasteiger partial charge in [-0.2, -0.15) is 8.42 Å². The number of nitro benzene ring substituents is 2. The molecule has 3 aromatic carbocycles. The molecule has 212 valence electrons. The number of nitro groups is 2. The van der Waals surface area contributed by atoms with Crippen molar-refractivity contribution in [3.63, 3.8) is 0 Å². The second kappa shape index (κ2) is 12.3. The first-order valence-corrected chi connectivity index (χ1v) is 14.7. The van der Waals surface area contributed by atoms with E-state index in [9.17, 15) is 33.4 Å². The average Bonchev–Trinajstić information content (AvgIpc) is 3.25. The minimum Gasteiger partial charge on any atom is -0.490 e. The Kier molecular flexibility index (Phi) is 8.96. The van der Waals surface area contributed by atoms with E-state index >= 15 is 0 Å². The number of thioether (sulfide) groups is 1. The van der Waals surface area contributed by atoms with E-state index in [0.29, 0.717) is 5.56 Å². The Labute approximate surface area is 249 Å². The van der Waals surface area contributed by atoms with Crippen molar-refractivity contribution in [2.45, 2.75) is 11.8 Å². The molecule has 4 rings (SSSR count). The molecule has 1 saturated heterocycles. The van der Waals surface area contributed by atoms with Crippen LogP contribution in [0.5, 0.6) is 11.5 Å². The highest BCUT2D eigenvalue weighted by Gasteiger charge is 2.26. The molecule has 17 heteroatoms. The van der Waals surface area contributed by atoms with E-state index in [1.54, 1.807) is 6.92 Å². The summed E-state index contributed by atoms with van der Waals surface area (Å²) in [6.07, 6.45) is 1.52. The molecule has 1 amide bonds. The summed E-state index contributed by atoms with van der Waals surface area (Å²) in [5.41, 5.74) is 0.188. The van der Waals surface area contributed by atoms with Crippen LogP contribution in [0, 0.1) is 20.2 Å². The fraction of sp³-hybridized carbons (Fsp3) is 0.0833. The van der Waals surface area contributed by atoms with Crippen molar-refractivity contribution in [3.8, 4) is 11.5 Å². The van der Waals surface area contributed by atoms with E-state index < -0.39 is 25.9 Å². The lowest BCUT2D eigenvalue weighted by molar-refractivity contribution is -0.385. The van der Waals surface area contributed by atoms with Gasteiger partial charge in [0.2, 0.25) is 0 Å². The molecule has 41 heavy (non-hydrogen) atoms. The normalized spacial score (nSPS) is 15.1. The summed E-state index contributed by atoms with van der Waals surface area (Å²) in [6.45, 7) is 1.84. The summed E-state index contributed by atoms with van der Waals surface area (Å²) in [5.74, 6) is -0.581. The zero-order valence-corrected chi connectivity index (χ0v) is 24.5. The molecule has 0 unspecified atom stereocenters. The van der Waals surface area contributed by atoms with Crippen LogP contribution in [0.4, 0.5) is 17.1 Å². The fourth-order valence-corrected chi connectivity index (χ4v) is 6.01. The van der Waals surface area contributed by atoms with E-state index in [0.717, 1.165) is 42.1 Å². The maximum Gasteiger partial charge on any atom is 0.339 e. The summed E-state index contributed by atoms with van der Waals surface area (Å²) in [4.78, 5) is 37.3. The number of rotatable bonds is 9. The van der Waals surface area contributed by atoms with E-state index in [2.05, 4.69) is 26.2 Å². The van der Waals surface area contributed by atoms with Crippen molar-refractivity contribution in [3.05, 3.63) is 94.8 Å². The van der Waals surface area contributed by atoms with E-state index in [4.69, 9.17) is 20.5 Å². The quantitative estimate of drug-likeness (QED) is 0.122. The second-order valence-electron chi connectivity index (χ2n) is 7.93. The summed E-state index contributed by atoms with van der Waals surface area (Å²) < 4.78 is 36.8. The van der Waals surface area contributed by atoms with Crippen LogP contribution < -0.4 is 14.2 Å². The van der Waals surface area contributed by atoms with Crippen molar-refractivity contribution in [2.24, 2.45) is 4.99 Å². The van der Waals surface area contributed by atoms with Gasteiger partial charge in [0, 0.05) is 24.3 Å². The smallest absolute Gasteiger partial charge is 0.339 e. The largest absolute Gasteiger partial charge is 0.490 e. The van der Waals surface area contributed by atoms with Crippen LogP contribution in [-0.2, 0) is 14.9 Å². The number of benzene rings is 3. The van der Waals surface area contributed by atoms with E-state index in [1.165, 1.54) is 30.3 Å². The Balaban J connectivity index is 1.61. The van der Waals surface area contributed by atoms with Crippen molar-refractivity contribution in [1.82, 2.24) is 5.32 Å². The Morgan fingerprint density at radius 3 is 2.34 bits per heavy atom. The molecule has 13 nitrogen and oxygen atoms in total. The summed E-state index contributed by atoms with van der Waals surface area (Å²) in [7, 11) is -4.39. The number of carbonyl (C=O) groups excluding carboxylic acids is 1. The average molecular weight is 684 g/mol. The van der Waals surface area contributed by atoms with Gasteiger partial charge in [-0.3, -0.25) is 25.0 Å². The van der Waals surface area contributed by atoms with Gasteiger partial charge >= 0.3 is 10.1 Å². The van der Waals surface area contributed by atoms with Crippen LogP contribution in [0.25, 0.3) is 6.08 Å². The fourth-order valence-electron chi connectivity index (χ4n) is 3.35. The number of hydrogen-bond acceptors (Lipinski definition) is 11. The number of amidine groups is 1. The molecule has 1 aliphatic rings. The van der Waals surface area contributed by atoms with Gasteiger partial charge in [-0.05, 0) is 76.6 Å². The number of nitrogens with one attached hydrogen (secondary N) is 1. The molecule has 0 aliphatic carbocycles. The van der Waals surface area contributed by atoms with Gasteiger partial charge in [0.25, 0.3) is 17.3 Å². The summed E-state index contributed by atoms with van der Waals surface area (Å²) >= 11 is 10.4. The number of carbonyl (C=O) groups is 1. The molecule has 1 fully saturated rings. The predicted octanol–water partition coefficient (Wildman–Crippen LogP) is 5.98. The van der Waals surface area contributed by atoms with Crippen molar-refractivity contribution >= 4 is 83.6 Å². The lowest BCUT2D eigenvalue weighted by Gasteiger charge is -2.14. The van der Waals surface area contributed by atoms with Crippen LogP contribution in [0.1, 0.15) is 12.5 Å². The highest BCUT2D eigenvalue weighted by molar-refractivity contribution is 9.10. The highest BCUT2D eigenvalue weighted by Crippen LogP contribution is 2.40. The maximum atomic E-state index is 12.9. The number of nitrogens with zero attached hydrogens (tertiary/aromatic N) is 3. The SMILES string of the molecule is CCOc1cc(/C=C2/SC(=Nc3ccc([N+](=O)[O-])cc3Cl)NC2=O)cc(Br)c1OS(=O)(=O)c1ccc([N+](=O)[O-])cc1. The molecule has 1 N–H and O–H groups in total. The first kappa shape index (κ1) is 30.0. The molecule has 1 aliphatic heterocycles. The number of ether oxygens (including phenoxy) is 1. The van der Waals surface area contributed by atoms with Crippen molar-refractivity contribution in [1.29, 1.82) is 0 Å². The van der Waals surface area contributed by atoms with Crippen LogP contribution in [0.2, 0.25) is 5.02 Å². The molecule has 0 saturated carbocycles. The first-order valence-electron chi connectivity index (χ1n) is 11.3. The molecule has 0 bridgehead atoms. The minimum absolute atomic E-state index is 0.0310. The summed E-state index contributed by atoms with van der Waals surface area (Å²) in [6, 6.07) is 10.9. The number of halogens is 2. The second-order valence-corrected chi connectivity index (χ2v) is 11.8. The zero-order chi connectivity index (χ0) is 29.9. The van der Waals surface area contributed by atoms with Crippen LogP contribution in [-0.4, -0.2) is 35.9 Å². The van der Waals surface area contributed by atoms with Gasteiger partial charge in [0.05, 0.1) is 36.5 Å². The Morgan fingerprint density at radius 1 is 1.07 bits per heavy atom. The molecular weight excluding hydrogens is 668 g/mol. The molecular formula is C24H16BrClN4O9S2. The number of non-ortho nitro benzene ring substituents is 2. The molecule has 0 radical (unpaired) electrons. The van der Waals surface area contributed by atoms with Gasteiger partial charge in [0.1, 0.15) is 4.90 Å². The molecule has 0 atom stereocenters. The Hall–Kier alpha value is -3.99. The van der Waals surface area contributed by atoms with Crippen molar-refractivity contribution < 1.29 is 32.0 Å². The minimum atomic E-state index is -4.39. The number of hydrogen-bond donors (Lipinski definition) is 1. The lowest BCUT2D eigenvalue weighted by Crippen LogP contribution is -2.19. The lowest BCUT2D eigenvalue weighted by atomic mass is 10.2. The Morgan fingerprint density at radius 2 is 1.73 bits per heavy atom. The van der Waals surface area contributed by atoms with Gasteiger partial charge in [-0.25, -0.2) is 4.99 Å². The zero-order valence-electron chi connectivity index (χ0n) is 20.6. The van der Waals surface area contributed by atoms with Gasteiger partial charge < -0.3 is 14.2 Å². The predicted molar refractivity (Wildman–Crippen MR) is 155 cm³/mol. The Bertz CT molecular complexity index is 1750. The third-order valence-electron chi connectivity index (χ3n) is 5.17. The number of amides is 1. The first-order chi connectivity index (χ1) is 19.4. The van der Waals surface area contributed by atoms with Crippen LogP contribution in [0.3, 0.4) is 0 Å². The standard InChI is InChI=1S/C24H16BrClN4O9S2/c1-2-38-20-10-13(9-17(25)22(20)39-41(36,37)16-6-3-14(4-7-16)29(32)33)11-21-23(31)28-24(40-21)27-19-8-5-15(30(34)35)12-18(19)26/h3-12H,2H2,1H3,(H,27,28,31)/b21-11+. The van der Waals surface area contributed by atoms with Crippen LogP contribution >= 0.6 is 39.3 Å². The van der Waals surface area contributed by atoms with Crippen molar-refractivity contribution in [2.75, 3.05) is 6.61 Å². The molecule has 0 spiro atoms. The van der Waals surface area contributed by atoms with Crippen LogP contribution in [0.15, 0.2) is 73.9 Å². The maximum absolute atomic E-state index is 12.9. The number of aliphatic imine (C=N–C) groups is 1. The summed E-state index contributed by atoms with van der Waals surface area (Å²) in [5, 5.41) is 24.6. The third-order valence-corrected chi connectivity index (χ3v) is 8.21. The van der Waals surface area contributed by atoms with Gasteiger partial charge in [0.15, 0.2) is 16.7 Å². The highest BCUT2D eigenvalue weighted by atomic mass is 79.9. The van der Waals surface area contributed by atoms with Gasteiger partial charge in [-0.15, -0.1) is 0 Å². The molecule has 0 aromatic heterocycles. The molecule has 3 aromatic rings. The van der Waals surface area contributed by atoms with E-state index in [1.807, 2.05) is 0 Å². The monoisotopic (exact) mass is 682 g/mol.